The Balaban J connectivity index is 1.59. The molecule has 12 heteroatoms. The standard InChI is InChI=1S/C46H52BBr2F2N5O2/c1-9-55(5,10-2)29-31-13-17-33(18-14-31)39-41(48)43(35-21-25-37(57-7)26-22-35)52-45(39)53-46-40(34-19-15-32(16-20-34)30-56(6,11-3)12-4)42(49)44(54(46)47(50)51)36-23-27-38(58-8)28-24-36/h13-28H,9-12,29-30H2,1-8H3/q+2/b53-45-. The summed E-state index contributed by atoms with van der Waals surface area (Å²) < 4.78 is 46.4. The number of quaternary nitrogens is 2. The molecule has 0 spiro atoms. The topological polar surface area (TPSA) is 48.1 Å². The van der Waals surface area contributed by atoms with Gasteiger partial charge < -0.3 is 22.9 Å². The Hall–Kier alpha value is -4.36. The van der Waals surface area contributed by atoms with Gasteiger partial charge in [0, 0.05) is 27.8 Å². The molecule has 2 heterocycles. The van der Waals surface area contributed by atoms with Gasteiger partial charge in [0.05, 0.1) is 74.9 Å². The van der Waals surface area contributed by atoms with E-state index in [1.807, 2.05) is 36.4 Å². The molecule has 0 atom stereocenters. The van der Waals surface area contributed by atoms with Gasteiger partial charge in [-0.25, -0.2) is 9.98 Å². The third-order valence-corrected chi connectivity index (χ3v) is 13.3. The van der Waals surface area contributed by atoms with Crippen molar-refractivity contribution < 1.29 is 27.1 Å². The highest BCUT2D eigenvalue weighted by atomic mass is 79.9. The molecule has 0 N–H and O–H groups in total. The van der Waals surface area contributed by atoms with Crippen molar-refractivity contribution in [3.63, 3.8) is 0 Å². The zero-order valence-corrected chi connectivity index (χ0v) is 37.8. The zero-order chi connectivity index (χ0) is 41.8. The van der Waals surface area contributed by atoms with E-state index in [0.717, 1.165) is 73.9 Å². The van der Waals surface area contributed by atoms with Crippen molar-refractivity contribution in [2.24, 2.45) is 9.98 Å². The fraction of sp³-hybridized carbons (Fsp3) is 0.304. The molecule has 1 aliphatic heterocycles. The second kappa shape index (κ2) is 18.3. The number of allylic oxidation sites excluding steroid dienone is 1. The average Bonchev–Trinajstić information content (AvgIpc) is 3.73. The maximum atomic E-state index is 15.8. The molecule has 6 rings (SSSR count). The third-order valence-electron chi connectivity index (χ3n) is 11.8. The van der Waals surface area contributed by atoms with Gasteiger partial charge in [0.1, 0.15) is 30.4 Å². The van der Waals surface area contributed by atoms with Crippen LogP contribution in [-0.4, -0.2) is 86.9 Å². The highest BCUT2D eigenvalue weighted by Crippen LogP contribution is 2.48. The number of hydrogen-bond acceptors (Lipinski definition) is 3. The van der Waals surface area contributed by atoms with E-state index in [9.17, 15) is 0 Å². The van der Waals surface area contributed by atoms with Gasteiger partial charge in [-0.15, -0.1) is 0 Å². The van der Waals surface area contributed by atoms with Gasteiger partial charge >= 0.3 is 7.40 Å². The van der Waals surface area contributed by atoms with Crippen LogP contribution < -0.4 is 9.47 Å². The summed E-state index contributed by atoms with van der Waals surface area (Å²) in [5.74, 6) is 1.75. The Labute approximate surface area is 359 Å². The number of ether oxygens (including phenoxy) is 2. The summed E-state index contributed by atoms with van der Waals surface area (Å²) in [6.45, 7) is 14.6. The Kier molecular flexibility index (Phi) is 13.6. The summed E-state index contributed by atoms with van der Waals surface area (Å²) >= 11 is 7.72. The molecule has 302 valence electrons. The Bertz CT molecular complexity index is 2310. The average molecular weight is 916 g/mol. The van der Waals surface area contributed by atoms with Crippen molar-refractivity contribution in [1.82, 2.24) is 4.48 Å². The van der Waals surface area contributed by atoms with Crippen molar-refractivity contribution >= 4 is 62.2 Å². The number of hydrogen-bond donors (Lipinski definition) is 0. The molecule has 0 unspecified atom stereocenters. The van der Waals surface area contributed by atoms with E-state index in [-0.39, 0.29) is 5.82 Å². The lowest BCUT2D eigenvalue weighted by Gasteiger charge is -2.32. The number of aliphatic imine (C=N–C) groups is 2. The molecule has 4 aromatic carbocycles. The summed E-state index contributed by atoms with van der Waals surface area (Å²) in [5, 5.41) is 0. The molecule has 0 saturated heterocycles. The Morgan fingerprint density at radius 2 is 1.07 bits per heavy atom. The van der Waals surface area contributed by atoms with Crippen LogP contribution in [0.3, 0.4) is 0 Å². The van der Waals surface area contributed by atoms with E-state index < -0.39 is 7.40 Å². The minimum absolute atomic E-state index is 0.0892. The number of benzene rings is 4. The molecule has 1 aliphatic rings. The molecule has 0 saturated carbocycles. The van der Waals surface area contributed by atoms with Gasteiger partial charge in [-0.2, -0.15) is 0 Å². The quantitative estimate of drug-likeness (QED) is 0.0731. The molecular formula is C46H52BBr2F2N5O2+2. The lowest BCUT2D eigenvalue weighted by Crippen LogP contribution is -2.42. The minimum atomic E-state index is -2.93. The fourth-order valence-corrected chi connectivity index (χ4v) is 8.80. The number of rotatable bonds is 16. The van der Waals surface area contributed by atoms with Crippen molar-refractivity contribution in [2.45, 2.75) is 40.8 Å². The van der Waals surface area contributed by atoms with Crippen LogP contribution >= 0.6 is 31.9 Å². The third kappa shape index (κ3) is 8.95. The molecule has 0 fully saturated rings. The number of aromatic nitrogens is 1. The molecule has 0 aliphatic carbocycles. The maximum absolute atomic E-state index is 15.8. The number of methoxy groups -OCH3 is 2. The molecule has 0 bridgehead atoms. The highest BCUT2D eigenvalue weighted by molar-refractivity contribution is 9.12. The fourth-order valence-electron chi connectivity index (χ4n) is 7.25. The van der Waals surface area contributed by atoms with Crippen molar-refractivity contribution in [3.05, 3.63) is 128 Å². The van der Waals surface area contributed by atoms with E-state index in [2.05, 4.69) is 110 Å². The van der Waals surface area contributed by atoms with E-state index in [1.165, 1.54) is 11.1 Å². The summed E-state index contributed by atoms with van der Waals surface area (Å²) in [4.78, 5) is 10.3. The molecule has 58 heavy (non-hydrogen) atoms. The first-order valence-electron chi connectivity index (χ1n) is 19.8. The predicted octanol–water partition coefficient (Wildman–Crippen LogP) is 11.7. The molecular weight excluding hydrogens is 863 g/mol. The van der Waals surface area contributed by atoms with Crippen LogP contribution in [0.25, 0.3) is 28.0 Å². The van der Waals surface area contributed by atoms with Crippen LogP contribution in [0.15, 0.2) is 116 Å². The normalized spacial score (nSPS) is 14.0. The second-order valence-corrected chi connectivity index (χ2v) is 16.9. The number of halogens is 4. The number of nitrogens with zero attached hydrogens (tertiary/aromatic N) is 5. The van der Waals surface area contributed by atoms with Crippen LogP contribution in [0, 0.1) is 0 Å². The first kappa shape index (κ1) is 43.2. The maximum Gasteiger partial charge on any atom is 0.679 e. The van der Waals surface area contributed by atoms with Crippen LogP contribution in [0.5, 0.6) is 11.5 Å². The van der Waals surface area contributed by atoms with Gasteiger partial charge in [-0.05, 0) is 125 Å². The monoisotopic (exact) mass is 913 g/mol. The van der Waals surface area contributed by atoms with Crippen molar-refractivity contribution in [1.29, 1.82) is 0 Å². The number of amidine groups is 1. The highest BCUT2D eigenvalue weighted by Gasteiger charge is 2.34. The lowest BCUT2D eigenvalue weighted by molar-refractivity contribution is -0.919. The first-order chi connectivity index (χ1) is 27.8. The molecule has 5 aromatic rings. The summed E-state index contributed by atoms with van der Waals surface area (Å²) in [6.07, 6.45) is 0. The van der Waals surface area contributed by atoms with Crippen molar-refractivity contribution in [2.75, 3.05) is 54.5 Å². The lowest BCUT2D eigenvalue weighted by atomic mass is 10.0. The van der Waals surface area contributed by atoms with Crippen LogP contribution in [0.1, 0.15) is 49.9 Å². The van der Waals surface area contributed by atoms with Gasteiger partial charge in [0.2, 0.25) is 0 Å². The van der Waals surface area contributed by atoms with Crippen LogP contribution in [0.2, 0.25) is 0 Å². The van der Waals surface area contributed by atoms with Gasteiger partial charge in [-0.3, -0.25) is 8.63 Å². The van der Waals surface area contributed by atoms with E-state index in [4.69, 9.17) is 19.5 Å². The van der Waals surface area contributed by atoms with E-state index >= 15 is 8.63 Å². The second-order valence-electron chi connectivity index (χ2n) is 15.3. The Morgan fingerprint density at radius 3 is 1.50 bits per heavy atom. The summed E-state index contributed by atoms with van der Waals surface area (Å²) in [6, 6.07) is 31.4. The SMILES string of the molecule is CC[N+](C)(CC)Cc1ccc(C2=C(Br)C(c3ccc(OC)cc3)=N/C2=N\c2c(-c3ccc(C[N+](C)(CC)CC)cc3)c(Br)c(-c3ccc(OC)cc3)n2B(F)F)cc1. The van der Waals surface area contributed by atoms with E-state index in [0.29, 0.717) is 49.9 Å². The van der Waals surface area contributed by atoms with E-state index in [1.54, 1.807) is 38.5 Å². The van der Waals surface area contributed by atoms with Gasteiger partial charge in [-0.1, -0.05) is 48.5 Å². The predicted molar refractivity (Wildman–Crippen MR) is 244 cm³/mol. The molecule has 0 radical (unpaired) electrons. The van der Waals surface area contributed by atoms with Crippen molar-refractivity contribution in [3.8, 4) is 33.9 Å². The van der Waals surface area contributed by atoms with Crippen LogP contribution in [0.4, 0.5) is 14.4 Å². The first-order valence-corrected chi connectivity index (χ1v) is 21.3. The molecule has 1 aromatic heterocycles. The summed E-state index contributed by atoms with van der Waals surface area (Å²) in [5.41, 5.74) is 7.62. The van der Waals surface area contributed by atoms with Gasteiger partial charge in [0.15, 0.2) is 5.84 Å². The summed E-state index contributed by atoms with van der Waals surface area (Å²) in [7, 11) is 4.78. The van der Waals surface area contributed by atoms with Crippen LogP contribution in [-0.2, 0) is 13.1 Å². The Morgan fingerprint density at radius 1 is 0.638 bits per heavy atom. The smallest absolute Gasteiger partial charge is 0.497 e. The van der Waals surface area contributed by atoms with Gasteiger partial charge in [0.25, 0.3) is 0 Å². The minimum Gasteiger partial charge on any atom is -0.497 e. The zero-order valence-electron chi connectivity index (χ0n) is 34.6. The molecule has 0 amide bonds. The largest absolute Gasteiger partial charge is 0.679 e. The molecule has 7 nitrogen and oxygen atoms in total.